The van der Waals surface area contributed by atoms with Crippen LogP contribution in [0.1, 0.15) is 41.3 Å². The molecule has 4 rings (SSSR count). The predicted molar refractivity (Wildman–Crippen MR) is 136 cm³/mol. The quantitative estimate of drug-likeness (QED) is 0.499. The average molecular weight is 486 g/mol. The molecule has 1 aliphatic rings. The zero-order valence-corrected chi connectivity index (χ0v) is 20.1. The minimum absolute atomic E-state index is 0.00799. The summed E-state index contributed by atoms with van der Waals surface area (Å²) in [7, 11) is 0. The molecule has 0 saturated carbocycles. The van der Waals surface area contributed by atoms with Gasteiger partial charge in [0.25, 0.3) is 5.91 Å². The van der Waals surface area contributed by atoms with Crippen molar-refractivity contribution in [1.29, 1.82) is 5.26 Å². The number of nitrogens with one attached hydrogen (secondary N) is 2. The maximum atomic E-state index is 13.6. The Balaban J connectivity index is 1.55. The monoisotopic (exact) mass is 485 g/mol. The van der Waals surface area contributed by atoms with Gasteiger partial charge >= 0.3 is 0 Å². The molecule has 1 saturated heterocycles. The SMILES string of the molecule is CC(=O)N1CCC[C@@H]1CNC(=O)c1ccc(-c2ccccc2C#N)nc1NCCc1cccc(F)c1. The first-order chi connectivity index (χ1) is 17.5. The van der Waals surface area contributed by atoms with Gasteiger partial charge in [-0.3, -0.25) is 9.59 Å². The summed E-state index contributed by atoms with van der Waals surface area (Å²) in [4.78, 5) is 31.5. The number of hydrogen-bond donors (Lipinski definition) is 2. The van der Waals surface area contributed by atoms with E-state index in [2.05, 4.69) is 21.7 Å². The normalized spacial score (nSPS) is 14.8. The number of carbonyl (C=O) groups is 2. The number of amides is 2. The van der Waals surface area contributed by atoms with Gasteiger partial charge in [0.2, 0.25) is 5.91 Å². The van der Waals surface area contributed by atoms with E-state index in [1.54, 1.807) is 42.2 Å². The zero-order chi connectivity index (χ0) is 25.5. The summed E-state index contributed by atoms with van der Waals surface area (Å²) in [6.45, 7) is 3.04. The first-order valence-corrected chi connectivity index (χ1v) is 12.0. The van der Waals surface area contributed by atoms with E-state index in [-0.39, 0.29) is 23.7 Å². The van der Waals surface area contributed by atoms with Gasteiger partial charge in [-0.05, 0) is 55.2 Å². The molecule has 1 aromatic heterocycles. The van der Waals surface area contributed by atoms with Gasteiger partial charge in [0.05, 0.1) is 22.9 Å². The van der Waals surface area contributed by atoms with Crippen LogP contribution in [-0.4, -0.2) is 47.4 Å². The van der Waals surface area contributed by atoms with Crippen LogP contribution in [-0.2, 0) is 11.2 Å². The molecule has 36 heavy (non-hydrogen) atoms. The maximum Gasteiger partial charge on any atom is 0.255 e. The van der Waals surface area contributed by atoms with E-state index in [1.807, 2.05) is 18.2 Å². The minimum atomic E-state index is -0.300. The Labute approximate surface area is 210 Å². The second-order valence-corrected chi connectivity index (χ2v) is 8.78. The predicted octanol–water partition coefficient (Wildman–Crippen LogP) is 4.15. The number of likely N-dealkylation sites (tertiary alicyclic amines) is 1. The van der Waals surface area contributed by atoms with Crippen LogP contribution in [0.25, 0.3) is 11.3 Å². The second-order valence-electron chi connectivity index (χ2n) is 8.78. The zero-order valence-electron chi connectivity index (χ0n) is 20.1. The lowest BCUT2D eigenvalue weighted by Gasteiger charge is -2.23. The van der Waals surface area contributed by atoms with Crippen molar-refractivity contribution in [2.45, 2.75) is 32.2 Å². The molecule has 2 N–H and O–H groups in total. The molecule has 0 aliphatic carbocycles. The number of pyridine rings is 1. The van der Waals surface area contributed by atoms with E-state index in [0.29, 0.717) is 54.3 Å². The van der Waals surface area contributed by atoms with Gasteiger partial charge in [-0.2, -0.15) is 5.26 Å². The highest BCUT2D eigenvalue weighted by molar-refractivity contribution is 5.99. The standard InChI is InChI=1S/C28H28FN5O2/c1-19(35)34-15-5-9-23(34)18-32-28(36)25-11-12-26(24-10-3-2-7-21(24)17-30)33-27(25)31-14-13-20-6-4-8-22(29)16-20/h2-4,6-8,10-12,16,23H,5,9,13-15,18H2,1H3,(H,31,33)(H,32,36)/t23-/m1/s1. The third-order valence-corrected chi connectivity index (χ3v) is 6.34. The summed E-state index contributed by atoms with van der Waals surface area (Å²) in [6.07, 6.45) is 2.30. The minimum Gasteiger partial charge on any atom is -0.369 e. The van der Waals surface area contributed by atoms with Crippen LogP contribution in [0.2, 0.25) is 0 Å². The molecule has 1 aliphatic heterocycles. The number of hydrogen-bond acceptors (Lipinski definition) is 5. The number of nitrogens with zero attached hydrogens (tertiary/aromatic N) is 3. The number of anilines is 1. The van der Waals surface area contributed by atoms with Gasteiger partial charge in [0.15, 0.2) is 0 Å². The molecule has 2 heterocycles. The summed E-state index contributed by atoms with van der Waals surface area (Å²) in [5.74, 6) is -0.212. The van der Waals surface area contributed by atoms with Gasteiger partial charge in [-0.1, -0.05) is 30.3 Å². The maximum absolute atomic E-state index is 13.6. The van der Waals surface area contributed by atoms with Crippen molar-refractivity contribution >= 4 is 17.6 Å². The first kappa shape index (κ1) is 24.9. The van der Waals surface area contributed by atoms with E-state index in [0.717, 1.165) is 18.4 Å². The van der Waals surface area contributed by atoms with Crippen LogP contribution in [0.5, 0.6) is 0 Å². The Morgan fingerprint density at radius 2 is 2.00 bits per heavy atom. The molecule has 2 aromatic carbocycles. The molecule has 7 nitrogen and oxygen atoms in total. The van der Waals surface area contributed by atoms with E-state index >= 15 is 0 Å². The molecule has 0 bridgehead atoms. The van der Waals surface area contributed by atoms with Crippen molar-refractivity contribution in [1.82, 2.24) is 15.2 Å². The fraction of sp³-hybridized carbons (Fsp3) is 0.286. The lowest BCUT2D eigenvalue weighted by atomic mass is 10.0. The van der Waals surface area contributed by atoms with Crippen molar-refractivity contribution in [2.75, 3.05) is 25.0 Å². The number of aromatic nitrogens is 1. The topological polar surface area (TPSA) is 98.1 Å². The highest BCUT2D eigenvalue weighted by Crippen LogP contribution is 2.25. The van der Waals surface area contributed by atoms with Crippen LogP contribution < -0.4 is 10.6 Å². The Bertz CT molecular complexity index is 1300. The van der Waals surface area contributed by atoms with Crippen molar-refractivity contribution in [2.24, 2.45) is 0 Å². The molecule has 2 amide bonds. The Morgan fingerprint density at radius 3 is 2.78 bits per heavy atom. The Kier molecular flexibility index (Phi) is 7.91. The van der Waals surface area contributed by atoms with E-state index < -0.39 is 0 Å². The molecule has 184 valence electrons. The van der Waals surface area contributed by atoms with Gasteiger partial charge in [-0.25, -0.2) is 9.37 Å². The summed E-state index contributed by atoms with van der Waals surface area (Å²) in [5, 5.41) is 15.7. The van der Waals surface area contributed by atoms with Gasteiger partial charge in [0.1, 0.15) is 11.6 Å². The van der Waals surface area contributed by atoms with Crippen molar-refractivity contribution in [3.8, 4) is 17.3 Å². The van der Waals surface area contributed by atoms with Crippen LogP contribution in [0, 0.1) is 17.1 Å². The summed E-state index contributed by atoms with van der Waals surface area (Å²) in [5.41, 5.74) is 2.90. The molecule has 1 atom stereocenters. The molecular weight excluding hydrogens is 457 g/mol. The molecule has 0 spiro atoms. The number of carbonyl (C=O) groups excluding carboxylic acids is 2. The second kappa shape index (κ2) is 11.5. The van der Waals surface area contributed by atoms with Crippen LogP contribution in [0.15, 0.2) is 60.7 Å². The molecule has 0 unspecified atom stereocenters. The first-order valence-electron chi connectivity index (χ1n) is 12.0. The van der Waals surface area contributed by atoms with Crippen molar-refractivity contribution < 1.29 is 14.0 Å². The molecule has 1 fully saturated rings. The van der Waals surface area contributed by atoms with E-state index in [1.165, 1.54) is 12.1 Å². The molecular formula is C28H28FN5O2. The third-order valence-electron chi connectivity index (χ3n) is 6.34. The Hall–Kier alpha value is -4.25. The van der Waals surface area contributed by atoms with E-state index in [4.69, 9.17) is 0 Å². The van der Waals surface area contributed by atoms with Crippen molar-refractivity contribution in [3.05, 3.63) is 83.2 Å². The molecule has 0 radical (unpaired) electrons. The largest absolute Gasteiger partial charge is 0.369 e. The Morgan fingerprint density at radius 1 is 1.17 bits per heavy atom. The fourth-order valence-corrected chi connectivity index (χ4v) is 4.52. The highest BCUT2D eigenvalue weighted by atomic mass is 19.1. The highest BCUT2D eigenvalue weighted by Gasteiger charge is 2.27. The van der Waals surface area contributed by atoms with E-state index in [9.17, 15) is 19.2 Å². The summed E-state index contributed by atoms with van der Waals surface area (Å²) in [6, 6.07) is 19.1. The van der Waals surface area contributed by atoms with Gasteiger partial charge < -0.3 is 15.5 Å². The summed E-state index contributed by atoms with van der Waals surface area (Å²) < 4.78 is 13.6. The molecule has 8 heteroatoms. The van der Waals surface area contributed by atoms with Crippen molar-refractivity contribution in [3.63, 3.8) is 0 Å². The number of nitriles is 1. The lowest BCUT2D eigenvalue weighted by molar-refractivity contribution is -0.129. The van der Waals surface area contributed by atoms with Crippen LogP contribution >= 0.6 is 0 Å². The lowest BCUT2D eigenvalue weighted by Crippen LogP contribution is -2.42. The average Bonchev–Trinajstić information content (AvgIpc) is 3.36. The van der Waals surface area contributed by atoms with Gasteiger partial charge in [-0.15, -0.1) is 0 Å². The van der Waals surface area contributed by atoms with Crippen LogP contribution in [0.4, 0.5) is 10.2 Å². The fourth-order valence-electron chi connectivity index (χ4n) is 4.52. The molecule has 3 aromatic rings. The smallest absolute Gasteiger partial charge is 0.255 e. The third kappa shape index (κ3) is 5.87. The van der Waals surface area contributed by atoms with Gasteiger partial charge in [0, 0.05) is 38.2 Å². The summed E-state index contributed by atoms with van der Waals surface area (Å²) >= 11 is 0. The number of rotatable bonds is 8. The number of halogens is 1. The van der Waals surface area contributed by atoms with Crippen LogP contribution in [0.3, 0.4) is 0 Å². The number of benzene rings is 2.